The van der Waals surface area contributed by atoms with Crippen molar-refractivity contribution in [2.45, 2.75) is 23.2 Å². The first-order valence-electron chi connectivity index (χ1n) is 8.66. The van der Waals surface area contributed by atoms with E-state index >= 15 is 0 Å². The smallest absolute Gasteiger partial charge is 0.355 e. The Morgan fingerprint density at radius 3 is 3.04 bits per heavy atom. The van der Waals surface area contributed by atoms with Crippen molar-refractivity contribution in [1.82, 2.24) is 9.88 Å². The number of halogens is 1. The van der Waals surface area contributed by atoms with Crippen molar-refractivity contribution in [2.24, 2.45) is 0 Å². The van der Waals surface area contributed by atoms with Crippen LogP contribution in [-0.2, 0) is 4.79 Å². The van der Waals surface area contributed by atoms with Gasteiger partial charge in [-0.2, -0.15) is 0 Å². The summed E-state index contributed by atoms with van der Waals surface area (Å²) in [6, 6.07) is 5.61. The maximum absolute atomic E-state index is 12.2. The van der Waals surface area contributed by atoms with Crippen LogP contribution in [0.25, 0.3) is 0 Å². The molecule has 0 saturated carbocycles. The van der Waals surface area contributed by atoms with E-state index in [1.54, 1.807) is 19.2 Å². The second kappa shape index (κ2) is 9.49. The van der Waals surface area contributed by atoms with Crippen molar-refractivity contribution >= 4 is 52.3 Å². The van der Waals surface area contributed by atoms with Crippen LogP contribution in [0.1, 0.15) is 23.3 Å². The number of carbonyl (C=O) groups is 2. The molecule has 1 amide bonds. The van der Waals surface area contributed by atoms with Gasteiger partial charge in [0.25, 0.3) is 0 Å². The largest absolute Gasteiger partial charge is 0.495 e. The number of aromatic nitrogens is 1. The van der Waals surface area contributed by atoms with E-state index in [9.17, 15) is 9.59 Å². The predicted octanol–water partition coefficient (Wildman–Crippen LogP) is 3.70. The Morgan fingerprint density at radius 1 is 1.54 bits per heavy atom. The normalized spacial score (nSPS) is 16.4. The van der Waals surface area contributed by atoms with Crippen molar-refractivity contribution in [3.63, 3.8) is 0 Å². The van der Waals surface area contributed by atoms with Gasteiger partial charge < -0.3 is 20.1 Å². The number of aromatic carboxylic acids is 1. The Bertz CT molecular complexity index is 861. The summed E-state index contributed by atoms with van der Waals surface area (Å²) in [5.41, 5.74) is 0.938. The fourth-order valence-corrected chi connectivity index (χ4v) is 5.04. The van der Waals surface area contributed by atoms with E-state index in [1.807, 2.05) is 11.0 Å². The number of carbonyl (C=O) groups excluding carboxylic acids is 1. The second-order valence-corrected chi connectivity index (χ2v) is 8.77. The molecular formula is C18H20ClN3O4S2. The van der Waals surface area contributed by atoms with Gasteiger partial charge in [-0.3, -0.25) is 4.79 Å². The number of ether oxygens (including phenoxy) is 1. The number of hydrogen-bond donors (Lipinski definition) is 2. The Morgan fingerprint density at radius 2 is 2.36 bits per heavy atom. The van der Waals surface area contributed by atoms with E-state index in [-0.39, 0.29) is 17.6 Å². The van der Waals surface area contributed by atoms with Crippen LogP contribution < -0.4 is 10.1 Å². The average Bonchev–Trinajstić information content (AvgIpc) is 3.28. The number of carboxylic acid groups (broad SMARTS) is 1. The van der Waals surface area contributed by atoms with Gasteiger partial charge >= 0.3 is 5.97 Å². The van der Waals surface area contributed by atoms with Crippen LogP contribution in [0.4, 0.5) is 5.69 Å². The van der Waals surface area contributed by atoms with Gasteiger partial charge in [0.1, 0.15) is 5.75 Å². The molecule has 28 heavy (non-hydrogen) atoms. The maximum Gasteiger partial charge on any atom is 0.355 e. The number of likely N-dealkylation sites (tertiary alicyclic amines) is 1. The minimum atomic E-state index is -1.03. The minimum Gasteiger partial charge on any atom is -0.495 e. The highest BCUT2D eigenvalue weighted by molar-refractivity contribution is 8.01. The molecule has 1 fully saturated rings. The molecule has 1 aromatic heterocycles. The van der Waals surface area contributed by atoms with Gasteiger partial charge in [0.05, 0.1) is 12.1 Å². The number of nitrogens with zero attached hydrogens (tertiary/aromatic N) is 2. The number of nitrogens with one attached hydrogen (secondary N) is 1. The lowest BCUT2D eigenvalue weighted by Gasteiger charge is -2.25. The molecule has 0 bridgehead atoms. The molecule has 2 N–H and O–H groups in total. The van der Waals surface area contributed by atoms with Gasteiger partial charge in [0.2, 0.25) is 5.91 Å². The summed E-state index contributed by atoms with van der Waals surface area (Å²) in [5.74, 6) is 0.409. The Balaban J connectivity index is 1.51. The lowest BCUT2D eigenvalue weighted by Crippen LogP contribution is -2.39. The Hall–Kier alpha value is -1.97. The van der Waals surface area contributed by atoms with E-state index in [1.165, 1.54) is 28.5 Å². The number of thiazole rings is 1. The maximum atomic E-state index is 12.2. The topological polar surface area (TPSA) is 91.8 Å². The molecule has 1 aliphatic heterocycles. The quantitative estimate of drug-likeness (QED) is 0.573. The van der Waals surface area contributed by atoms with E-state index in [2.05, 4.69) is 10.3 Å². The number of methoxy groups -OCH3 is 1. The molecule has 1 saturated heterocycles. The molecule has 7 nitrogen and oxygen atoms in total. The summed E-state index contributed by atoms with van der Waals surface area (Å²) in [7, 11) is 1.57. The van der Waals surface area contributed by atoms with Gasteiger partial charge in [-0.25, -0.2) is 9.78 Å². The molecule has 0 aliphatic carbocycles. The fourth-order valence-electron chi connectivity index (χ4n) is 2.98. The highest BCUT2D eigenvalue weighted by Crippen LogP contribution is 2.28. The molecule has 1 unspecified atom stereocenters. The number of benzene rings is 1. The van der Waals surface area contributed by atoms with Gasteiger partial charge in [0, 0.05) is 42.4 Å². The standard InChI is InChI=1S/C18H20ClN3O4S2/c1-26-15-4-2-11(8-13(15)19)20-9-12-3-5-16(23)22(12)6-7-27-18-21-14(10-28-18)17(24)25/h2,4,8,10,12,20H,3,5-7,9H2,1H3,(H,24,25). The fraction of sp³-hybridized carbons (Fsp3) is 0.389. The molecule has 1 atom stereocenters. The summed E-state index contributed by atoms with van der Waals surface area (Å²) in [6.45, 7) is 1.24. The highest BCUT2D eigenvalue weighted by atomic mass is 35.5. The lowest BCUT2D eigenvalue weighted by atomic mass is 10.2. The van der Waals surface area contributed by atoms with Gasteiger partial charge in [0.15, 0.2) is 10.0 Å². The number of hydrogen-bond acceptors (Lipinski definition) is 7. The summed E-state index contributed by atoms with van der Waals surface area (Å²) >= 11 is 8.93. The zero-order valence-electron chi connectivity index (χ0n) is 15.2. The third kappa shape index (κ3) is 5.09. The summed E-state index contributed by atoms with van der Waals surface area (Å²) in [6.07, 6.45) is 1.35. The van der Waals surface area contributed by atoms with Crippen LogP contribution in [0, 0.1) is 0 Å². The zero-order valence-corrected chi connectivity index (χ0v) is 17.6. The van der Waals surface area contributed by atoms with Gasteiger partial charge in [-0.1, -0.05) is 23.4 Å². The predicted molar refractivity (Wildman–Crippen MR) is 111 cm³/mol. The molecule has 1 aromatic carbocycles. The summed E-state index contributed by atoms with van der Waals surface area (Å²) < 4.78 is 5.85. The van der Waals surface area contributed by atoms with Crippen LogP contribution in [0.3, 0.4) is 0 Å². The first-order chi connectivity index (χ1) is 13.5. The summed E-state index contributed by atoms with van der Waals surface area (Å²) in [4.78, 5) is 29.1. The monoisotopic (exact) mass is 441 g/mol. The third-order valence-electron chi connectivity index (χ3n) is 4.41. The van der Waals surface area contributed by atoms with Crippen LogP contribution in [0.15, 0.2) is 27.9 Å². The molecule has 10 heteroatoms. The Labute approximate surface area is 176 Å². The SMILES string of the molecule is COc1ccc(NCC2CCC(=O)N2CCSc2nc(C(=O)O)cs2)cc1Cl. The highest BCUT2D eigenvalue weighted by Gasteiger charge is 2.30. The molecule has 2 aromatic rings. The average molecular weight is 442 g/mol. The minimum absolute atomic E-state index is 0.0602. The van der Waals surface area contributed by atoms with Crippen LogP contribution in [-0.4, -0.2) is 58.9 Å². The van der Waals surface area contributed by atoms with Crippen LogP contribution in [0.5, 0.6) is 5.75 Å². The van der Waals surface area contributed by atoms with Crippen LogP contribution >= 0.6 is 34.7 Å². The summed E-state index contributed by atoms with van der Waals surface area (Å²) in [5, 5.41) is 14.3. The molecule has 0 radical (unpaired) electrons. The number of anilines is 1. The van der Waals surface area contributed by atoms with Crippen molar-refractivity contribution in [3.8, 4) is 5.75 Å². The van der Waals surface area contributed by atoms with E-state index in [0.717, 1.165) is 12.1 Å². The molecular weight excluding hydrogens is 422 g/mol. The lowest BCUT2D eigenvalue weighted by molar-refractivity contribution is -0.128. The van der Waals surface area contributed by atoms with Crippen molar-refractivity contribution in [2.75, 3.05) is 31.3 Å². The molecule has 2 heterocycles. The first-order valence-corrected chi connectivity index (χ1v) is 10.9. The molecule has 1 aliphatic rings. The first kappa shape index (κ1) is 20.8. The van der Waals surface area contributed by atoms with Crippen molar-refractivity contribution in [1.29, 1.82) is 0 Å². The zero-order chi connectivity index (χ0) is 20.1. The van der Waals surface area contributed by atoms with Gasteiger partial charge in [-0.15, -0.1) is 11.3 Å². The number of amides is 1. The number of thioether (sulfide) groups is 1. The molecule has 3 rings (SSSR count). The molecule has 0 spiro atoms. The second-order valence-electron chi connectivity index (χ2n) is 6.16. The van der Waals surface area contributed by atoms with Gasteiger partial charge in [-0.05, 0) is 24.6 Å². The number of carboxylic acids is 1. The number of rotatable bonds is 9. The third-order valence-corrected chi connectivity index (χ3v) is 6.70. The van der Waals surface area contributed by atoms with E-state index < -0.39 is 5.97 Å². The van der Waals surface area contributed by atoms with E-state index in [4.69, 9.17) is 21.4 Å². The van der Waals surface area contributed by atoms with Crippen molar-refractivity contribution in [3.05, 3.63) is 34.3 Å². The van der Waals surface area contributed by atoms with Crippen molar-refractivity contribution < 1.29 is 19.4 Å². The van der Waals surface area contributed by atoms with Crippen LogP contribution in [0.2, 0.25) is 5.02 Å². The van der Waals surface area contributed by atoms with E-state index in [0.29, 0.717) is 40.4 Å². The molecule has 150 valence electrons. The Kier molecular flexibility index (Phi) is 7.03.